The molecule has 0 aromatic heterocycles. The van der Waals surface area contributed by atoms with Crippen molar-refractivity contribution in [2.45, 2.75) is 44.4 Å². The molecule has 125 valence electrons. The van der Waals surface area contributed by atoms with Crippen LogP contribution in [0.25, 0.3) is 0 Å². The van der Waals surface area contributed by atoms with Crippen LogP contribution in [-0.4, -0.2) is 80.4 Å². The summed E-state index contributed by atoms with van der Waals surface area (Å²) in [6, 6.07) is 0.704. The highest BCUT2D eigenvalue weighted by molar-refractivity contribution is 5.77. The molecule has 3 saturated heterocycles. The molecule has 0 aromatic rings. The maximum Gasteiger partial charge on any atom is 0.248 e. The second-order valence-electron chi connectivity index (χ2n) is 6.57. The predicted octanol–water partition coefficient (Wildman–Crippen LogP) is 0.0136. The average Bonchev–Trinajstić information content (AvgIpc) is 2.61. The molecular weight excluding hydrogens is 280 g/mol. The first-order chi connectivity index (χ1) is 10.8. The molecule has 3 heterocycles. The van der Waals surface area contributed by atoms with Crippen molar-refractivity contribution in [1.29, 1.82) is 0 Å². The molecule has 3 aliphatic heterocycles. The highest BCUT2D eigenvalue weighted by Crippen LogP contribution is 2.15. The van der Waals surface area contributed by atoms with E-state index in [1.54, 1.807) is 0 Å². The van der Waals surface area contributed by atoms with E-state index in [2.05, 4.69) is 15.5 Å². The zero-order chi connectivity index (χ0) is 15.2. The molecule has 3 fully saturated rings. The zero-order valence-corrected chi connectivity index (χ0v) is 13.5. The SMILES string of the molecule is O=C(COC1CCCC[N]1)N1CCN(C2CCNCC2)CC1. The van der Waals surface area contributed by atoms with Crippen molar-refractivity contribution < 1.29 is 9.53 Å². The van der Waals surface area contributed by atoms with Crippen molar-refractivity contribution in [2.75, 3.05) is 52.4 Å². The van der Waals surface area contributed by atoms with Crippen LogP contribution in [0.1, 0.15) is 32.1 Å². The van der Waals surface area contributed by atoms with Gasteiger partial charge in [-0.2, -0.15) is 0 Å². The van der Waals surface area contributed by atoms with E-state index in [1.165, 1.54) is 12.8 Å². The Bertz CT molecular complexity index is 346. The van der Waals surface area contributed by atoms with Crippen LogP contribution in [0.4, 0.5) is 0 Å². The molecule has 1 N–H and O–H groups in total. The normalized spacial score (nSPS) is 28.7. The fraction of sp³-hybridized carbons (Fsp3) is 0.938. The summed E-state index contributed by atoms with van der Waals surface area (Å²) in [6.07, 6.45) is 5.72. The Labute approximate surface area is 133 Å². The summed E-state index contributed by atoms with van der Waals surface area (Å²) in [7, 11) is 0. The van der Waals surface area contributed by atoms with Crippen LogP contribution < -0.4 is 10.6 Å². The Morgan fingerprint density at radius 1 is 1.09 bits per heavy atom. The number of rotatable bonds is 4. The summed E-state index contributed by atoms with van der Waals surface area (Å²) >= 11 is 0. The largest absolute Gasteiger partial charge is 0.352 e. The first-order valence-electron chi connectivity index (χ1n) is 8.84. The van der Waals surface area contributed by atoms with Crippen LogP contribution in [0.3, 0.4) is 0 Å². The predicted molar refractivity (Wildman–Crippen MR) is 84.6 cm³/mol. The molecule has 1 atom stereocenters. The number of carbonyl (C=O) groups excluding carboxylic acids is 1. The minimum Gasteiger partial charge on any atom is -0.352 e. The lowest BCUT2D eigenvalue weighted by Gasteiger charge is -2.41. The number of amides is 1. The molecule has 1 radical (unpaired) electrons. The Balaban J connectivity index is 1.36. The number of piperidine rings is 2. The van der Waals surface area contributed by atoms with E-state index in [0.717, 1.165) is 65.1 Å². The van der Waals surface area contributed by atoms with Gasteiger partial charge in [0.05, 0.1) is 0 Å². The van der Waals surface area contributed by atoms with Crippen molar-refractivity contribution in [3.63, 3.8) is 0 Å². The summed E-state index contributed by atoms with van der Waals surface area (Å²) in [5.41, 5.74) is 0. The number of carbonyl (C=O) groups is 1. The zero-order valence-electron chi connectivity index (χ0n) is 13.5. The van der Waals surface area contributed by atoms with Gasteiger partial charge in [-0.05, 0) is 45.2 Å². The Morgan fingerprint density at radius 3 is 2.55 bits per heavy atom. The van der Waals surface area contributed by atoms with Gasteiger partial charge in [0.2, 0.25) is 5.91 Å². The smallest absolute Gasteiger partial charge is 0.248 e. The Kier molecular flexibility index (Phi) is 6.06. The van der Waals surface area contributed by atoms with Crippen LogP contribution in [0.5, 0.6) is 0 Å². The second kappa shape index (κ2) is 8.24. The number of hydrogen-bond donors (Lipinski definition) is 1. The van der Waals surface area contributed by atoms with Gasteiger partial charge in [-0.3, -0.25) is 9.69 Å². The number of piperazine rings is 1. The maximum atomic E-state index is 12.3. The van der Waals surface area contributed by atoms with Crippen molar-refractivity contribution in [1.82, 2.24) is 20.4 Å². The standard InChI is InChI=1S/C16H29N4O2/c21-16(13-22-15-3-1-2-6-18-15)20-11-9-19(10-12-20)14-4-7-17-8-5-14/h14-15,17H,1-13H2. The average molecular weight is 309 g/mol. The minimum absolute atomic E-state index is 0.0475. The molecular formula is C16H29N4O2. The first kappa shape index (κ1) is 16.2. The van der Waals surface area contributed by atoms with E-state index < -0.39 is 0 Å². The van der Waals surface area contributed by atoms with Crippen LogP contribution in [-0.2, 0) is 9.53 Å². The van der Waals surface area contributed by atoms with Crippen molar-refractivity contribution >= 4 is 5.91 Å². The van der Waals surface area contributed by atoms with Gasteiger partial charge in [-0.1, -0.05) is 0 Å². The van der Waals surface area contributed by atoms with Crippen molar-refractivity contribution in [3.8, 4) is 0 Å². The number of ether oxygens (including phenoxy) is 1. The lowest BCUT2D eigenvalue weighted by molar-refractivity contribution is -0.141. The Hall–Kier alpha value is -0.690. The molecule has 0 spiro atoms. The van der Waals surface area contributed by atoms with Gasteiger partial charge < -0.3 is 15.0 Å². The summed E-state index contributed by atoms with van der Waals surface area (Å²) in [4.78, 5) is 16.8. The lowest BCUT2D eigenvalue weighted by Crippen LogP contribution is -2.54. The molecule has 0 aliphatic carbocycles. The summed E-state index contributed by atoms with van der Waals surface area (Å²) in [6.45, 7) is 7.02. The van der Waals surface area contributed by atoms with Gasteiger partial charge in [0, 0.05) is 38.8 Å². The van der Waals surface area contributed by atoms with E-state index in [1.807, 2.05) is 4.90 Å². The molecule has 0 saturated carbocycles. The third-order valence-electron chi connectivity index (χ3n) is 5.08. The molecule has 0 aromatic carbocycles. The van der Waals surface area contributed by atoms with Crippen molar-refractivity contribution in [3.05, 3.63) is 0 Å². The van der Waals surface area contributed by atoms with Crippen LogP contribution in [0, 0.1) is 0 Å². The molecule has 0 bridgehead atoms. The van der Waals surface area contributed by atoms with E-state index in [4.69, 9.17) is 4.74 Å². The van der Waals surface area contributed by atoms with E-state index in [-0.39, 0.29) is 18.7 Å². The molecule has 3 aliphatic rings. The van der Waals surface area contributed by atoms with Crippen LogP contribution in [0.15, 0.2) is 0 Å². The van der Waals surface area contributed by atoms with E-state index >= 15 is 0 Å². The second-order valence-corrected chi connectivity index (χ2v) is 6.57. The number of nitrogens with one attached hydrogen (secondary N) is 1. The summed E-state index contributed by atoms with van der Waals surface area (Å²) in [5.74, 6) is 0.130. The first-order valence-corrected chi connectivity index (χ1v) is 8.84. The molecule has 1 unspecified atom stereocenters. The van der Waals surface area contributed by atoms with Crippen molar-refractivity contribution in [2.24, 2.45) is 0 Å². The topological polar surface area (TPSA) is 58.9 Å². The third-order valence-corrected chi connectivity index (χ3v) is 5.08. The van der Waals surface area contributed by atoms with Gasteiger partial charge in [-0.15, -0.1) is 0 Å². The minimum atomic E-state index is -0.0475. The molecule has 3 rings (SSSR count). The molecule has 22 heavy (non-hydrogen) atoms. The summed E-state index contributed by atoms with van der Waals surface area (Å²) in [5, 5.41) is 7.82. The van der Waals surface area contributed by atoms with Gasteiger partial charge in [0.15, 0.2) is 0 Å². The van der Waals surface area contributed by atoms with Crippen LogP contribution in [0.2, 0.25) is 0 Å². The third kappa shape index (κ3) is 4.41. The maximum absolute atomic E-state index is 12.3. The molecule has 6 heteroatoms. The highest BCUT2D eigenvalue weighted by Gasteiger charge is 2.27. The number of nitrogens with zero attached hydrogens (tertiary/aromatic N) is 3. The fourth-order valence-electron chi connectivity index (χ4n) is 3.66. The van der Waals surface area contributed by atoms with Gasteiger partial charge in [0.1, 0.15) is 12.8 Å². The van der Waals surface area contributed by atoms with Gasteiger partial charge >= 0.3 is 0 Å². The Morgan fingerprint density at radius 2 is 1.86 bits per heavy atom. The van der Waals surface area contributed by atoms with Crippen LogP contribution >= 0.6 is 0 Å². The van der Waals surface area contributed by atoms with Gasteiger partial charge in [0.25, 0.3) is 0 Å². The van der Waals surface area contributed by atoms with E-state index in [0.29, 0.717) is 6.04 Å². The lowest BCUT2D eigenvalue weighted by atomic mass is 10.0. The summed E-state index contributed by atoms with van der Waals surface area (Å²) < 4.78 is 5.66. The van der Waals surface area contributed by atoms with E-state index in [9.17, 15) is 4.79 Å². The quantitative estimate of drug-likeness (QED) is 0.795. The fourth-order valence-corrected chi connectivity index (χ4v) is 3.66. The number of hydrogen-bond acceptors (Lipinski definition) is 4. The van der Waals surface area contributed by atoms with Gasteiger partial charge in [-0.25, -0.2) is 5.32 Å². The highest BCUT2D eigenvalue weighted by atomic mass is 16.5. The monoisotopic (exact) mass is 309 g/mol. The molecule has 6 nitrogen and oxygen atoms in total. The molecule has 1 amide bonds.